The number of rotatable bonds is 0. The predicted molar refractivity (Wildman–Crippen MR) is 31.6 cm³/mol. The van der Waals surface area contributed by atoms with Gasteiger partial charge in [-0.1, -0.05) is 0 Å². The average Bonchev–Trinajstić information content (AvgIpc) is 0.722. The number of nitrogens with zero attached hydrogens (tertiary/aromatic N) is 1. The third-order valence-corrected chi connectivity index (χ3v) is 0. The summed E-state index contributed by atoms with van der Waals surface area (Å²) in [5.74, 6) is 0. The van der Waals surface area contributed by atoms with Crippen LogP contribution in [0, 0.1) is 0 Å². The summed E-state index contributed by atoms with van der Waals surface area (Å²) in [5.41, 5.74) is 0. The van der Waals surface area contributed by atoms with Gasteiger partial charge in [-0.3, -0.25) is 0 Å². The van der Waals surface area contributed by atoms with Crippen LogP contribution in [0.5, 0.6) is 0 Å². The second-order valence-corrected chi connectivity index (χ2v) is 2.68. The molecule has 0 aliphatic heterocycles. The Hall–Kier alpha value is 0.842. The van der Waals surface area contributed by atoms with Gasteiger partial charge in [0.15, 0.2) is 0 Å². The molecule has 0 rings (SSSR count). The van der Waals surface area contributed by atoms with E-state index in [0.717, 1.165) is 4.48 Å². The summed E-state index contributed by atoms with van der Waals surface area (Å²) < 4.78 is 1.00. The van der Waals surface area contributed by atoms with Gasteiger partial charge in [-0.25, -0.2) is 0 Å². The van der Waals surface area contributed by atoms with Gasteiger partial charge in [0.2, 0.25) is 0 Å². The quantitative estimate of drug-likeness (QED) is 0.449. The van der Waals surface area contributed by atoms with E-state index in [4.69, 9.17) is 0 Å². The van der Waals surface area contributed by atoms with Gasteiger partial charge in [0, 0.05) is 27.3 Å². The molecule has 0 saturated carbocycles. The Labute approximate surface area is 65.6 Å². The van der Waals surface area contributed by atoms with Crippen LogP contribution in [0.15, 0.2) is 0 Å². The molecule has 7 heavy (non-hydrogen) atoms. The van der Waals surface area contributed by atoms with Gasteiger partial charge in [-0.2, -0.15) is 0 Å². The summed E-state index contributed by atoms with van der Waals surface area (Å²) in [6, 6.07) is 0. The standard InChI is InChI=1S/C4H12N.H2O.Pb/c1-5(2,3)4;;/h1-4H3;1H2;/q+1;;/p-1. The minimum Gasteiger partial charge on any atom is -0.870 e. The van der Waals surface area contributed by atoms with E-state index in [1.165, 1.54) is 0 Å². The van der Waals surface area contributed by atoms with Crippen LogP contribution in [-0.2, 0) is 0 Å². The van der Waals surface area contributed by atoms with Crippen LogP contribution in [0.25, 0.3) is 0 Å². The normalized spacial score (nSPS) is 8.57. The van der Waals surface area contributed by atoms with E-state index >= 15 is 0 Å². The predicted octanol–water partition coefficient (Wildman–Crippen LogP) is -0.235. The first-order chi connectivity index (χ1) is 2.00. The molecule has 0 saturated heterocycles. The fourth-order valence-electron chi connectivity index (χ4n) is 0. The molecule has 0 unspecified atom stereocenters. The first-order valence-electron chi connectivity index (χ1n) is 1.79. The fraction of sp³-hybridized carbons (Fsp3) is 1.00. The van der Waals surface area contributed by atoms with Crippen molar-refractivity contribution in [1.29, 1.82) is 0 Å². The van der Waals surface area contributed by atoms with Crippen LogP contribution in [0.1, 0.15) is 0 Å². The van der Waals surface area contributed by atoms with Crippen LogP contribution in [0.3, 0.4) is 0 Å². The van der Waals surface area contributed by atoms with Gasteiger partial charge in [-0.15, -0.1) is 0 Å². The zero-order chi connectivity index (χ0) is 4.50. The number of hydrogen-bond acceptors (Lipinski definition) is 1. The van der Waals surface area contributed by atoms with Crippen molar-refractivity contribution in [3.8, 4) is 0 Å². The van der Waals surface area contributed by atoms with E-state index in [1.54, 1.807) is 0 Å². The molecule has 2 nitrogen and oxygen atoms in total. The molecule has 0 aromatic rings. The smallest absolute Gasteiger partial charge is 0.0675 e. The van der Waals surface area contributed by atoms with Crippen molar-refractivity contribution in [1.82, 2.24) is 0 Å². The van der Waals surface area contributed by atoms with Crippen molar-refractivity contribution in [3.05, 3.63) is 0 Å². The second kappa shape index (κ2) is 4.99. The van der Waals surface area contributed by atoms with Crippen LogP contribution < -0.4 is 0 Å². The maximum atomic E-state index is 2.12. The monoisotopic (exact) mass is 299 g/mol. The van der Waals surface area contributed by atoms with Gasteiger partial charge in [-0.05, 0) is 0 Å². The minimum absolute atomic E-state index is 0. The summed E-state index contributed by atoms with van der Waals surface area (Å²) in [5, 5.41) is 0. The van der Waals surface area contributed by atoms with E-state index in [1.807, 2.05) is 0 Å². The fourth-order valence-corrected chi connectivity index (χ4v) is 0. The number of hydrogen-bond donors (Lipinski definition) is 0. The molecule has 0 aliphatic rings. The Bertz CT molecular complexity index is 27.2. The van der Waals surface area contributed by atoms with Crippen molar-refractivity contribution in [2.45, 2.75) is 0 Å². The average molecular weight is 298 g/mol. The van der Waals surface area contributed by atoms with E-state index in [9.17, 15) is 0 Å². The molecule has 0 atom stereocenters. The largest absolute Gasteiger partial charge is 0.870 e. The Morgan fingerprint density at radius 3 is 0.857 bits per heavy atom. The van der Waals surface area contributed by atoms with E-state index < -0.39 is 0 Å². The van der Waals surface area contributed by atoms with Gasteiger partial charge < -0.3 is 9.96 Å². The van der Waals surface area contributed by atoms with Crippen LogP contribution in [-0.4, -0.2) is 65.4 Å². The molecule has 0 aliphatic carbocycles. The Morgan fingerprint density at radius 2 is 0.857 bits per heavy atom. The molecule has 3 heteroatoms. The van der Waals surface area contributed by atoms with E-state index in [0.29, 0.717) is 0 Å². The molecule has 0 bridgehead atoms. The molecular weight excluding hydrogens is 285 g/mol. The van der Waals surface area contributed by atoms with E-state index in [2.05, 4.69) is 28.2 Å². The molecule has 0 aromatic carbocycles. The van der Waals surface area contributed by atoms with Crippen LogP contribution in [0.2, 0.25) is 0 Å². The van der Waals surface area contributed by atoms with Gasteiger partial charge >= 0.3 is 0 Å². The Morgan fingerprint density at radius 1 is 0.857 bits per heavy atom. The molecule has 0 spiro atoms. The summed E-state index contributed by atoms with van der Waals surface area (Å²) in [4.78, 5) is 0. The van der Waals surface area contributed by atoms with Gasteiger partial charge in [0.25, 0.3) is 0 Å². The van der Waals surface area contributed by atoms with Crippen molar-refractivity contribution >= 4 is 27.3 Å². The third kappa shape index (κ3) is 226. The van der Waals surface area contributed by atoms with Crippen molar-refractivity contribution in [2.24, 2.45) is 0 Å². The molecule has 0 heterocycles. The zero-order valence-corrected chi connectivity index (χ0v) is 9.28. The second-order valence-electron chi connectivity index (χ2n) is 2.68. The van der Waals surface area contributed by atoms with Gasteiger partial charge in [0.1, 0.15) is 0 Å². The Balaban J connectivity index is -0.0000000800. The molecule has 4 radical (unpaired) electrons. The molecule has 0 fully saturated rings. The van der Waals surface area contributed by atoms with Crippen molar-refractivity contribution < 1.29 is 9.96 Å². The maximum absolute atomic E-state index is 2.12. The molecule has 0 aromatic heterocycles. The van der Waals surface area contributed by atoms with Crippen LogP contribution in [0.4, 0.5) is 0 Å². The minimum atomic E-state index is 0. The summed E-state index contributed by atoms with van der Waals surface area (Å²) in [6.45, 7) is 0. The van der Waals surface area contributed by atoms with E-state index in [-0.39, 0.29) is 32.8 Å². The number of quaternary nitrogens is 1. The van der Waals surface area contributed by atoms with Crippen molar-refractivity contribution in [3.63, 3.8) is 0 Å². The summed E-state index contributed by atoms with van der Waals surface area (Å²) >= 11 is 0. The molecule has 0 amide bonds. The van der Waals surface area contributed by atoms with Crippen LogP contribution >= 0.6 is 0 Å². The first kappa shape index (κ1) is 15.7. The summed E-state index contributed by atoms with van der Waals surface area (Å²) in [7, 11) is 8.50. The molecule has 1 N–H and O–H groups in total. The SMILES string of the molecule is C[N+](C)(C)C.[OH-].[Pb]. The maximum Gasteiger partial charge on any atom is 0.0675 e. The summed E-state index contributed by atoms with van der Waals surface area (Å²) in [6.07, 6.45) is 0. The topological polar surface area (TPSA) is 30.0 Å². The van der Waals surface area contributed by atoms with Gasteiger partial charge in [0.05, 0.1) is 28.2 Å². The third-order valence-electron chi connectivity index (χ3n) is 0. The molecular formula is C4H13NOPb. The first-order valence-corrected chi connectivity index (χ1v) is 1.79. The molecule has 44 valence electrons. The van der Waals surface area contributed by atoms with Crippen molar-refractivity contribution in [2.75, 3.05) is 28.2 Å². The Kier molecular flexibility index (Phi) is 11.2. The zero-order valence-electron chi connectivity index (χ0n) is 5.39.